The maximum Gasteiger partial charge on any atom is 0.411 e. The Morgan fingerprint density at radius 2 is 1.83 bits per heavy atom. The second kappa shape index (κ2) is 5.57. The van der Waals surface area contributed by atoms with Crippen LogP contribution in [0.3, 0.4) is 0 Å². The van der Waals surface area contributed by atoms with Crippen LogP contribution in [-0.4, -0.2) is 49.3 Å². The van der Waals surface area contributed by atoms with Crippen LogP contribution in [0.25, 0.3) is 0 Å². The Labute approximate surface area is 133 Å². The molecule has 2 aliphatic heterocycles. The molecule has 3 atom stereocenters. The highest BCUT2D eigenvalue weighted by molar-refractivity contribution is 5.97. The first-order valence-corrected chi connectivity index (χ1v) is 7.34. The van der Waals surface area contributed by atoms with Crippen molar-refractivity contribution >= 4 is 23.7 Å². The normalized spacial score (nSPS) is 24.9. The molecule has 1 fully saturated rings. The van der Waals surface area contributed by atoms with Gasteiger partial charge in [0.15, 0.2) is 0 Å². The molecule has 0 spiro atoms. The number of anilines is 1. The summed E-state index contributed by atoms with van der Waals surface area (Å²) in [5.41, 5.74) is 1.72. The fourth-order valence-electron chi connectivity index (χ4n) is 3.65. The van der Waals surface area contributed by atoms with E-state index in [1.807, 2.05) is 24.3 Å². The van der Waals surface area contributed by atoms with Crippen LogP contribution in [0, 0.1) is 0 Å². The summed E-state index contributed by atoms with van der Waals surface area (Å²) in [7, 11) is 2.53. The van der Waals surface area contributed by atoms with E-state index < -0.39 is 24.3 Å². The van der Waals surface area contributed by atoms with Crippen LogP contribution in [0.1, 0.15) is 24.8 Å². The molecule has 122 valence electrons. The lowest BCUT2D eigenvalue weighted by Crippen LogP contribution is -2.53. The number of esters is 1. The summed E-state index contributed by atoms with van der Waals surface area (Å²) in [4.78, 5) is 39.4. The summed E-state index contributed by atoms with van der Waals surface area (Å²) in [5.74, 6) is -0.839. The molecule has 7 nitrogen and oxygen atoms in total. The van der Waals surface area contributed by atoms with Gasteiger partial charge in [0.05, 0.1) is 14.2 Å². The molecule has 0 radical (unpaired) electrons. The van der Waals surface area contributed by atoms with Crippen LogP contribution in [0.15, 0.2) is 24.3 Å². The fourth-order valence-corrected chi connectivity index (χ4v) is 3.65. The van der Waals surface area contributed by atoms with Crippen molar-refractivity contribution in [2.45, 2.75) is 31.5 Å². The third-order valence-electron chi connectivity index (χ3n) is 4.52. The van der Waals surface area contributed by atoms with Crippen LogP contribution < -0.4 is 4.90 Å². The van der Waals surface area contributed by atoms with Gasteiger partial charge in [-0.3, -0.25) is 14.6 Å². The number of likely N-dealkylation sites (tertiary alicyclic amines) is 1. The van der Waals surface area contributed by atoms with Crippen molar-refractivity contribution in [3.05, 3.63) is 29.8 Å². The number of fused-ring (bicyclic) bond motifs is 3. The van der Waals surface area contributed by atoms with Gasteiger partial charge in [-0.15, -0.1) is 0 Å². The van der Waals surface area contributed by atoms with Gasteiger partial charge >= 0.3 is 12.1 Å². The molecule has 0 bridgehead atoms. The minimum absolute atomic E-state index is 0.140. The molecule has 0 aliphatic carbocycles. The van der Waals surface area contributed by atoms with E-state index >= 15 is 0 Å². The smallest absolute Gasteiger partial charge is 0.411 e. The van der Waals surface area contributed by atoms with E-state index in [9.17, 15) is 14.4 Å². The van der Waals surface area contributed by atoms with E-state index in [0.29, 0.717) is 6.42 Å². The van der Waals surface area contributed by atoms with E-state index in [2.05, 4.69) is 0 Å². The van der Waals surface area contributed by atoms with Gasteiger partial charge in [-0.2, -0.15) is 0 Å². The summed E-state index contributed by atoms with van der Waals surface area (Å²) in [6, 6.07) is 6.73. The average molecular weight is 318 g/mol. The topological polar surface area (TPSA) is 76.2 Å². The number of carbonyl (C=O) groups excluding carboxylic acids is 3. The molecule has 0 aromatic heterocycles. The maximum absolute atomic E-state index is 12.3. The number of carbonyl (C=O) groups is 3. The Hall–Kier alpha value is -2.57. The molecule has 1 saturated heterocycles. The predicted octanol–water partition coefficient (Wildman–Crippen LogP) is 1.48. The lowest BCUT2D eigenvalue weighted by atomic mass is 9.96. The van der Waals surface area contributed by atoms with Gasteiger partial charge in [0.25, 0.3) is 0 Å². The summed E-state index contributed by atoms with van der Waals surface area (Å²) in [5, 5.41) is 0. The zero-order chi connectivity index (χ0) is 16.7. The Kier molecular flexibility index (Phi) is 3.71. The first-order chi connectivity index (χ1) is 11.0. The molecule has 23 heavy (non-hydrogen) atoms. The van der Waals surface area contributed by atoms with Crippen molar-refractivity contribution in [2.75, 3.05) is 19.1 Å². The van der Waals surface area contributed by atoms with E-state index in [4.69, 9.17) is 9.47 Å². The molecule has 0 N–H and O–H groups in total. The van der Waals surface area contributed by atoms with Crippen molar-refractivity contribution < 1.29 is 23.9 Å². The quantitative estimate of drug-likeness (QED) is 0.733. The number of para-hydroxylation sites is 1. The number of hydrogen-bond acceptors (Lipinski definition) is 5. The molecule has 2 amide bonds. The van der Waals surface area contributed by atoms with Gasteiger partial charge in [0.1, 0.15) is 12.2 Å². The van der Waals surface area contributed by atoms with Gasteiger partial charge in [-0.25, -0.2) is 9.59 Å². The lowest BCUT2D eigenvalue weighted by Gasteiger charge is -2.33. The molecule has 2 aliphatic rings. The van der Waals surface area contributed by atoms with Gasteiger partial charge in [-0.05, 0) is 18.1 Å². The van der Waals surface area contributed by atoms with E-state index in [0.717, 1.165) is 11.3 Å². The molecular weight excluding hydrogens is 300 g/mol. The van der Waals surface area contributed by atoms with Crippen molar-refractivity contribution in [3.8, 4) is 0 Å². The highest BCUT2D eigenvalue weighted by atomic mass is 16.5. The Morgan fingerprint density at radius 3 is 2.43 bits per heavy atom. The number of hydrogen-bond donors (Lipinski definition) is 0. The fraction of sp³-hybridized carbons (Fsp3) is 0.438. The van der Waals surface area contributed by atoms with Crippen LogP contribution in [0.5, 0.6) is 0 Å². The molecular formula is C16H18N2O5. The van der Waals surface area contributed by atoms with Crippen molar-refractivity contribution in [1.29, 1.82) is 0 Å². The summed E-state index contributed by atoms with van der Waals surface area (Å²) >= 11 is 0. The van der Waals surface area contributed by atoms with Crippen LogP contribution in [0.4, 0.5) is 10.5 Å². The Balaban J connectivity index is 2.10. The predicted molar refractivity (Wildman–Crippen MR) is 80.8 cm³/mol. The van der Waals surface area contributed by atoms with Crippen LogP contribution in [-0.2, 0) is 19.1 Å². The first kappa shape index (κ1) is 15.3. The SMILES string of the molecule is COC(=O)[C@@H]1C[C@H]2c3ccccc3N(C(C)=O)[C@H]2N1C(=O)OC. The third kappa shape index (κ3) is 2.15. The van der Waals surface area contributed by atoms with Crippen molar-refractivity contribution in [1.82, 2.24) is 4.90 Å². The lowest BCUT2D eigenvalue weighted by molar-refractivity contribution is -0.146. The monoisotopic (exact) mass is 318 g/mol. The number of benzene rings is 1. The van der Waals surface area contributed by atoms with E-state index in [1.165, 1.54) is 26.0 Å². The first-order valence-electron chi connectivity index (χ1n) is 7.34. The van der Waals surface area contributed by atoms with E-state index in [-0.39, 0.29) is 11.8 Å². The number of rotatable bonds is 1. The molecule has 2 heterocycles. The zero-order valence-electron chi connectivity index (χ0n) is 13.2. The Morgan fingerprint density at radius 1 is 1.13 bits per heavy atom. The van der Waals surface area contributed by atoms with Gasteiger partial charge in [0, 0.05) is 18.5 Å². The molecule has 1 aromatic carbocycles. The summed E-state index contributed by atoms with van der Waals surface area (Å²) < 4.78 is 9.65. The molecule has 0 unspecified atom stereocenters. The number of ether oxygens (including phenoxy) is 2. The number of amides is 2. The van der Waals surface area contributed by atoms with Crippen molar-refractivity contribution in [2.24, 2.45) is 0 Å². The van der Waals surface area contributed by atoms with Crippen LogP contribution in [0.2, 0.25) is 0 Å². The minimum atomic E-state index is -0.766. The highest BCUT2D eigenvalue weighted by Gasteiger charge is 2.56. The second-order valence-electron chi connectivity index (χ2n) is 5.62. The maximum atomic E-state index is 12.3. The van der Waals surface area contributed by atoms with Crippen LogP contribution >= 0.6 is 0 Å². The summed E-state index contributed by atoms with van der Waals surface area (Å²) in [6.07, 6.45) is -0.818. The third-order valence-corrected chi connectivity index (χ3v) is 4.52. The molecule has 0 saturated carbocycles. The second-order valence-corrected chi connectivity index (χ2v) is 5.62. The van der Waals surface area contributed by atoms with Gasteiger partial charge < -0.3 is 9.47 Å². The minimum Gasteiger partial charge on any atom is -0.467 e. The molecule has 1 aromatic rings. The zero-order valence-corrected chi connectivity index (χ0v) is 13.2. The Bertz CT molecular complexity index is 674. The van der Waals surface area contributed by atoms with Crippen molar-refractivity contribution in [3.63, 3.8) is 0 Å². The number of methoxy groups -OCH3 is 2. The number of nitrogens with zero attached hydrogens (tertiary/aromatic N) is 2. The largest absolute Gasteiger partial charge is 0.467 e. The standard InChI is InChI=1S/C16H18N2O5/c1-9(19)17-12-7-5-4-6-10(12)11-8-13(15(20)22-2)18(14(11)17)16(21)23-3/h4-7,11,13-14H,8H2,1-3H3/t11-,13-,14-/m0/s1. The average Bonchev–Trinajstić information content (AvgIpc) is 3.07. The van der Waals surface area contributed by atoms with Gasteiger partial charge in [-0.1, -0.05) is 18.2 Å². The molecule has 3 rings (SSSR count). The van der Waals surface area contributed by atoms with Gasteiger partial charge in [0.2, 0.25) is 5.91 Å². The highest BCUT2D eigenvalue weighted by Crippen LogP contribution is 2.50. The summed E-state index contributed by atoms with van der Waals surface area (Å²) in [6.45, 7) is 1.44. The van der Waals surface area contributed by atoms with E-state index in [1.54, 1.807) is 4.90 Å². The molecule has 7 heteroatoms.